The number of anilines is 3. The highest BCUT2D eigenvalue weighted by Crippen LogP contribution is 2.56. The molecule has 0 saturated carbocycles. The molecule has 1 atom stereocenters. The maximum absolute atomic E-state index is 6.21. The van der Waals surface area contributed by atoms with E-state index in [0.717, 1.165) is 22.2 Å². The number of furan rings is 1. The topological polar surface area (TPSA) is 21.3 Å². The van der Waals surface area contributed by atoms with Crippen LogP contribution in [0.2, 0.25) is 0 Å². The first kappa shape index (κ1) is 24.3. The van der Waals surface area contributed by atoms with Crippen LogP contribution in [0.4, 0.5) is 17.1 Å². The molecule has 3 nitrogen and oxygen atoms in total. The lowest BCUT2D eigenvalue weighted by Gasteiger charge is -2.33. The second kappa shape index (κ2) is 8.77. The smallest absolute Gasteiger partial charge is 0.135 e. The summed E-state index contributed by atoms with van der Waals surface area (Å²) >= 11 is 0. The summed E-state index contributed by atoms with van der Waals surface area (Å²) in [6, 6.07) is 55.2. The average molecular weight is 587 g/mol. The molecule has 0 N–H and O–H groups in total. The van der Waals surface area contributed by atoms with Crippen molar-refractivity contribution in [2.45, 2.75) is 5.92 Å². The van der Waals surface area contributed by atoms with E-state index in [1.165, 1.54) is 72.1 Å². The van der Waals surface area contributed by atoms with Crippen molar-refractivity contribution in [3.63, 3.8) is 0 Å². The minimum Gasteiger partial charge on any atom is -0.456 e. The molecule has 3 heteroatoms. The molecule has 0 radical (unpaired) electrons. The van der Waals surface area contributed by atoms with E-state index in [9.17, 15) is 0 Å². The van der Waals surface area contributed by atoms with Crippen molar-refractivity contribution in [2.75, 3.05) is 4.90 Å². The van der Waals surface area contributed by atoms with Crippen LogP contribution >= 0.6 is 0 Å². The van der Waals surface area contributed by atoms with E-state index in [4.69, 9.17) is 4.42 Å². The predicted octanol–water partition coefficient (Wildman–Crippen LogP) is 11.6. The zero-order chi connectivity index (χ0) is 29.9. The molecule has 46 heavy (non-hydrogen) atoms. The van der Waals surface area contributed by atoms with Gasteiger partial charge in [0.25, 0.3) is 0 Å². The number of hydrogen-bond donors (Lipinski definition) is 0. The van der Waals surface area contributed by atoms with Gasteiger partial charge in [0.1, 0.15) is 11.2 Å². The van der Waals surface area contributed by atoms with Crippen LogP contribution in [-0.4, -0.2) is 4.57 Å². The molecule has 2 aliphatic rings. The quantitative estimate of drug-likeness (QED) is 0.201. The molecule has 1 aliphatic heterocycles. The summed E-state index contributed by atoms with van der Waals surface area (Å²) in [5.41, 5.74) is 15.8. The number of benzene rings is 7. The Morgan fingerprint density at radius 3 is 2.11 bits per heavy atom. The second-order valence-corrected chi connectivity index (χ2v) is 12.5. The van der Waals surface area contributed by atoms with Crippen molar-refractivity contribution < 1.29 is 4.42 Å². The maximum atomic E-state index is 6.21. The largest absolute Gasteiger partial charge is 0.456 e. The Bertz CT molecular complexity index is 2710. The first-order valence-electron chi connectivity index (χ1n) is 15.9. The fourth-order valence-electron chi connectivity index (χ4n) is 8.35. The van der Waals surface area contributed by atoms with E-state index in [0.29, 0.717) is 0 Å². The van der Waals surface area contributed by atoms with Crippen molar-refractivity contribution in [3.05, 3.63) is 168 Å². The van der Waals surface area contributed by atoms with E-state index in [-0.39, 0.29) is 5.92 Å². The van der Waals surface area contributed by atoms with Crippen LogP contribution in [0.5, 0.6) is 0 Å². The standard InChI is InChI=1S/C43H26N2O/c1-2-11-27(12-3-1)44-35-17-7-8-18-36(35)45-42-31(16-10-19-37(42)44)32-22-23-33-40(29-14-4-5-15-30(29)41(33)43(32)45)26-21-24-39-34(25-26)28-13-6-9-20-38(28)46-39/h1-25,40H. The van der Waals surface area contributed by atoms with Gasteiger partial charge in [-0.3, -0.25) is 0 Å². The number of nitrogens with zero attached hydrogens (tertiary/aromatic N) is 2. The second-order valence-electron chi connectivity index (χ2n) is 12.5. The minimum absolute atomic E-state index is 0.124. The minimum atomic E-state index is 0.124. The number of para-hydroxylation sites is 5. The fraction of sp³-hybridized carbons (Fsp3) is 0.0233. The van der Waals surface area contributed by atoms with Crippen LogP contribution in [-0.2, 0) is 0 Å². The third kappa shape index (κ3) is 3.02. The van der Waals surface area contributed by atoms with Gasteiger partial charge in [0.05, 0.1) is 28.1 Å². The molecule has 7 aromatic carbocycles. The molecule has 11 rings (SSSR count). The van der Waals surface area contributed by atoms with Crippen LogP contribution in [0.1, 0.15) is 22.6 Å². The lowest BCUT2D eigenvalue weighted by molar-refractivity contribution is 0.668. The van der Waals surface area contributed by atoms with E-state index in [2.05, 4.69) is 155 Å². The Kier molecular flexibility index (Phi) is 4.63. The molecule has 1 aliphatic carbocycles. The Morgan fingerprint density at radius 2 is 1.17 bits per heavy atom. The molecule has 0 saturated heterocycles. The molecule has 0 amide bonds. The highest BCUT2D eigenvalue weighted by molar-refractivity contribution is 6.20. The summed E-state index contributed by atoms with van der Waals surface area (Å²) < 4.78 is 8.76. The zero-order valence-electron chi connectivity index (χ0n) is 24.8. The van der Waals surface area contributed by atoms with Crippen LogP contribution in [0.15, 0.2) is 156 Å². The van der Waals surface area contributed by atoms with Gasteiger partial charge < -0.3 is 13.9 Å². The molecule has 2 aromatic heterocycles. The molecule has 3 heterocycles. The van der Waals surface area contributed by atoms with Gasteiger partial charge in [0.15, 0.2) is 0 Å². The number of hydrogen-bond acceptors (Lipinski definition) is 2. The van der Waals surface area contributed by atoms with E-state index < -0.39 is 0 Å². The van der Waals surface area contributed by atoms with Crippen molar-refractivity contribution in [1.82, 2.24) is 4.57 Å². The molecule has 0 bridgehead atoms. The number of fused-ring (bicyclic) bond motifs is 12. The Labute approximate surface area is 265 Å². The van der Waals surface area contributed by atoms with Gasteiger partial charge >= 0.3 is 0 Å². The first-order chi connectivity index (χ1) is 22.8. The van der Waals surface area contributed by atoms with E-state index in [1.807, 2.05) is 6.07 Å². The SMILES string of the molecule is c1ccc(N2c3ccccc3-n3c4c2cccc4c2ccc4c(c23)-c2ccccc2C4c2ccc3oc4ccccc4c3c2)cc1. The Balaban J connectivity index is 1.24. The van der Waals surface area contributed by atoms with Gasteiger partial charge in [-0.05, 0) is 70.8 Å². The van der Waals surface area contributed by atoms with E-state index >= 15 is 0 Å². The molecule has 0 fully saturated rings. The van der Waals surface area contributed by atoms with Gasteiger partial charge in [0, 0.05) is 38.7 Å². The average Bonchev–Trinajstić information content (AvgIpc) is 3.77. The monoisotopic (exact) mass is 586 g/mol. The van der Waals surface area contributed by atoms with Gasteiger partial charge in [-0.15, -0.1) is 0 Å². The van der Waals surface area contributed by atoms with Crippen molar-refractivity contribution in [3.8, 4) is 16.8 Å². The summed E-state index contributed by atoms with van der Waals surface area (Å²) in [5.74, 6) is 0.124. The molecule has 1 unspecified atom stereocenters. The Morgan fingerprint density at radius 1 is 0.457 bits per heavy atom. The molecular weight excluding hydrogens is 560 g/mol. The lowest BCUT2D eigenvalue weighted by atomic mass is 9.88. The first-order valence-corrected chi connectivity index (χ1v) is 15.9. The third-order valence-corrected chi connectivity index (χ3v) is 10.2. The van der Waals surface area contributed by atoms with Gasteiger partial charge in [-0.1, -0.05) is 103 Å². The van der Waals surface area contributed by atoms with Crippen LogP contribution < -0.4 is 4.90 Å². The summed E-state index contributed by atoms with van der Waals surface area (Å²) in [7, 11) is 0. The molecule has 0 spiro atoms. The summed E-state index contributed by atoms with van der Waals surface area (Å²) in [6.45, 7) is 0. The zero-order valence-corrected chi connectivity index (χ0v) is 24.8. The molecular formula is C43H26N2O. The van der Waals surface area contributed by atoms with Gasteiger partial charge in [-0.25, -0.2) is 0 Å². The highest BCUT2D eigenvalue weighted by atomic mass is 16.3. The lowest BCUT2D eigenvalue weighted by Crippen LogP contribution is -2.18. The van der Waals surface area contributed by atoms with Crippen molar-refractivity contribution in [2.24, 2.45) is 0 Å². The normalized spacial score (nSPS) is 14.7. The van der Waals surface area contributed by atoms with Crippen LogP contribution in [0.25, 0.3) is 60.6 Å². The summed E-state index contributed by atoms with van der Waals surface area (Å²) in [5, 5.41) is 4.89. The third-order valence-electron chi connectivity index (χ3n) is 10.2. The van der Waals surface area contributed by atoms with Crippen LogP contribution in [0.3, 0.4) is 0 Å². The Hall–Kier alpha value is -6.06. The fourth-order valence-corrected chi connectivity index (χ4v) is 8.35. The van der Waals surface area contributed by atoms with E-state index in [1.54, 1.807) is 0 Å². The predicted molar refractivity (Wildman–Crippen MR) is 189 cm³/mol. The number of rotatable bonds is 2. The van der Waals surface area contributed by atoms with Gasteiger partial charge in [0.2, 0.25) is 0 Å². The highest BCUT2D eigenvalue weighted by Gasteiger charge is 2.35. The van der Waals surface area contributed by atoms with Crippen molar-refractivity contribution in [1.29, 1.82) is 0 Å². The molecule has 214 valence electrons. The number of aromatic nitrogens is 1. The summed E-state index contributed by atoms with van der Waals surface area (Å²) in [6.07, 6.45) is 0. The van der Waals surface area contributed by atoms with Crippen molar-refractivity contribution >= 4 is 60.8 Å². The van der Waals surface area contributed by atoms with Gasteiger partial charge in [-0.2, -0.15) is 0 Å². The summed E-state index contributed by atoms with van der Waals surface area (Å²) in [4.78, 5) is 2.41. The maximum Gasteiger partial charge on any atom is 0.135 e. The molecule has 9 aromatic rings. The van der Waals surface area contributed by atoms with Crippen LogP contribution in [0, 0.1) is 0 Å².